The smallest absolute Gasteiger partial charge is 0.301 e. The van der Waals surface area contributed by atoms with Crippen molar-refractivity contribution in [3.05, 3.63) is 101 Å². The van der Waals surface area contributed by atoms with Crippen LogP contribution in [0, 0.1) is 5.82 Å². The predicted molar refractivity (Wildman–Crippen MR) is 165 cm³/mol. The van der Waals surface area contributed by atoms with Gasteiger partial charge in [0.1, 0.15) is 11.6 Å². The molecular weight excluding hydrogens is 590 g/mol. The lowest BCUT2D eigenvalue weighted by molar-refractivity contribution is -0.132. The van der Waals surface area contributed by atoms with E-state index in [0.29, 0.717) is 33.8 Å². The summed E-state index contributed by atoms with van der Waals surface area (Å²) in [5, 5.41) is 20.0. The second kappa shape index (κ2) is 13.8. The average Bonchev–Trinajstić information content (AvgIpc) is 3.60. The Hall–Kier alpha value is -4.22. The molecular formula is C32H30FN3O5S2. The van der Waals surface area contributed by atoms with Crippen molar-refractivity contribution in [3.63, 3.8) is 0 Å². The lowest BCUT2D eigenvalue weighted by atomic mass is 9.95. The van der Waals surface area contributed by atoms with Crippen molar-refractivity contribution in [2.24, 2.45) is 0 Å². The van der Waals surface area contributed by atoms with Crippen LogP contribution in [-0.4, -0.2) is 40.7 Å². The molecule has 1 fully saturated rings. The molecule has 1 aliphatic rings. The molecule has 1 unspecified atom stereocenters. The highest BCUT2D eigenvalue weighted by Gasteiger charge is 2.48. The Morgan fingerprint density at radius 3 is 2.51 bits per heavy atom. The number of rotatable bonds is 12. The average molecular weight is 620 g/mol. The molecule has 1 aromatic heterocycles. The van der Waals surface area contributed by atoms with Crippen LogP contribution in [0.25, 0.3) is 5.76 Å². The Morgan fingerprint density at radius 2 is 1.79 bits per heavy atom. The van der Waals surface area contributed by atoms with Gasteiger partial charge in [0.2, 0.25) is 5.13 Å². The van der Waals surface area contributed by atoms with E-state index in [0.717, 1.165) is 24.8 Å². The number of carbonyl (C=O) groups is 2. The number of aliphatic hydroxyl groups excluding tert-OH is 1. The van der Waals surface area contributed by atoms with Crippen molar-refractivity contribution in [2.75, 3.05) is 18.6 Å². The first kappa shape index (κ1) is 30.2. The van der Waals surface area contributed by atoms with Crippen molar-refractivity contribution in [2.45, 2.75) is 42.3 Å². The minimum atomic E-state index is -1.05. The number of aliphatic hydroxyl groups is 1. The summed E-state index contributed by atoms with van der Waals surface area (Å²) >= 11 is 2.64. The van der Waals surface area contributed by atoms with Crippen molar-refractivity contribution in [1.82, 2.24) is 10.2 Å². The van der Waals surface area contributed by atoms with Crippen LogP contribution in [-0.2, 0) is 15.3 Å². The van der Waals surface area contributed by atoms with Gasteiger partial charge in [0.05, 0.1) is 25.3 Å². The number of benzene rings is 3. The highest BCUT2D eigenvalue weighted by Crippen LogP contribution is 2.45. The van der Waals surface area contributed by atoms with Crippen molar-refractivity contribution >= 4 is 45.7 Å². The molecule has 0 aliphatic carbocycles. The number of Topliss-reactive ketones (excluding diaryl/α,β-unsaturated/α-hetero) is 1. The molecule has 1 atom stereocenters. The second-order valence-electron chi connectivity index (χ2n) is 9.77. The topological polar surface area (TPSA) is 102 Å². The molecule has 1 aliphatic heterocycles. The standard InChI is InChI=1S/C32H30FN3O5S2/c1-3-4-8-17-41-24-16-13-22(18-25(24)40-2)27-26(28(37)21-11-14-23(33)15-12-21)29(38)30(39)36(27)31-34-35-32(43-31)42-19-20-9-6-5-7-10-20/h5-7,9-16,18,27,37H,3-4,8,17,19H2,1-2H3/b28-26-. The number of nitrogens with zero attached hydrogens (tertiary/aromatic N) is 3. The number of unbranched alkanes of at least 4 members (excludes halogenated alkanes) is 2. The van der Waals surface area contributed by atoms with Gasteiger partial charge in [-0.3, -0.25) is 14.5 Å². The fraction of sp³-hybridized carbons (Fsp3) is 0.250. The maximum atomic E-state index is 13.6. The second-order valence-corrected chi connectivity index (χ2v) is 11.9. The molecule has 11 heteroatoms. The first-order valence-electron chi connectivity index (χ1n) is 13.8. The molecule has 1 amide bonds. The van der Waals surface area contributed by atoms with E-state index in [4.69, 9.17) is 9.47 Å². The Morgan fingerprint density at radius 1 is 1.02 bits per heavy atom. The lowest BCUT2D eigenvalue weighted by Crippen LogP contribution is -2.29. The van der Waals surface area contributed by atoms with Gasteiger partial charge < -0.3 is 14.6 Å². The molecule has 222 valence electrons. The van der Waals surface area contributed by atoms with E-state index in [9.17, 15) is 19.1 Å². The number of hydrogen-bond acceptors (Lipinski definition) is 9. The molecule has 8 nitrogen and oxygen atoms in total. The number of thioether (sulfide) groups is 1. The Bertz CT molecular complexity index is 1630. The number of carbonyl (C=O) groups excluding carboxylic acids is 2. The van der Waals surface area contributed by atoms with E-state index in [2.05, 4.69) is 17.1 Å². The minimum absolute atomic E-state index is 0.149. The third-order valence-electron chi connectivity index (χ3n) is 6.88. The van der Waals surface area contributed by atoms with Gasteiger partial charge in [0, 0.05) is 11.3 Å². The Balaban J connectivity index is 1.54. The molecule has 2 heterocycles. The fourth-order valence-corrected chi connectivity index (χ4v) is 6.52. The highest BCUT2D eigenvalue weighted by molar-refractivity contribution is 8.00. The number of halogens is 1. The van der Waals surface area contributed by atoms with Crippen LogP contribution < -0.4 is 14.4 Å². The first-order valence-corrected chi connectivity index (χ1v) is 15.6. The molecule has 4 aromatic rings. The van der Waals surface area contributed by atoms with Crippen LogP contribution in [0.5, 0.6) is 11.5 Å². The number of ether oxygens (including phenoxy) is 2. The molecule has 5 rings (SSSR count). The van der Waals surface area contributed by atoms with Crippen LogP contribution in [0.4, 0.5) is 9.52 Å². The third kappa shape index (κ3) is 6.73. The van der Waals surface area contributed by atoms with Crippen LogP contribution >= 0.6 is 23.1 Å². The summed E-state index contributed by atoms with van der Waals surface area (Å²) in [6, 6.07) is 19.0. The zero-order valence-corrected chi connectivity index (χ0v) is 25.3. The molecule has 0 saturated carbocycles. The maximum Gasteiger partial charge on any atom is 0.301 e. The summed E-state index contributed by atoms with van der Waals surface area (Å²) in [4.78, 5) is 28.3. The molecule has 0 bridgehead atoms. The molecule has 3 aromatic carbocycles. The van der Waals surface area contributed by atoms with E-state index in [1.165, 1.54) is 59.4 Å². The van der Waals surface area contributed by atoms with Gasteiger partial charge in [0.25, 0.3) is 5.78 Å². The monoisotopic (exact) mass is 619 g/mol. The summed E-state index contributed by atoms with van der Waals surface area (Å²) in [5.74, 6) is -1.08. The number of amides is 1. The third-order valence-corrected chi connectivity index (χ3v) is 9.00. The van der Waals surface area contributed by atoms with E-state index in [1.807, 2.05) is 30.3 Å². The molecule has 0 spiro atoms. The van der Waals surface area contributed by atoms with E-state index in [1.54, 1.807) is 18.2 Å². The Labute approximate surface area is 257 Å². The van der Waals surface area contributed by atoms with Gasteiger partial charge in [-0.05, 0) is 53.9 Å². The fourth-order valence-electron chi connectivity index (χ4n) is 4.69. The van der Waals surface area contributed by atoms with Crippen LogP contribution in [0.15, 0.2) is 82.7 Å². The molecule has 1 saturated heterocycles. The molecule has 0 radical (unpaired) electrons. The Kier molecular flexibility index (Phi) is 9.73. The normalized spacial score (nSPS) is 16.1. The zero-order valence-electron chi connectivity index (χ0n) is 23.7. The van der Waals surface area contributed by atoms with Crippen LogP contribution in [0.2, 0.25) is 0 Å². The van der Waals surface area contributed by atoms with Gasteiger partial charge in [-0.25, -0.2) is 4.39 Å². The van der Waals surface area contributed by atoms with Crippen molar-refractivity contribution in [3.8, 4) is 11.5 Å². The van der Waals surface area contributed by atoms with E-state index < -0.39 is 29.3 Å². The highest BCUT2D eigenvalue weighted by atomic mass is 32.2. The van der Waals surface area contributed by atoms with E-state index in [-0.39, 0.29) is 16.3 Å². The maximum absolute atomic E-state index is 13.6. The molecule has 43 heavy (non-hydrogen) atoms. The number of hydrogen-bond donors (Lipinski definition) is 1. The summed E-state index contributed by atoms with van der Waals surface area (Å²) in [5.41, 5.74) is 1.65. The van der Waals surface area contributed by atoms with Gasteiger partial charge in [-0.1, -0.05) is 79.3 Å². The largest absolute Gasteiger partial charge is 0.507 e. The minimum Gasteiger partial charge on any atom is -0.507 e. The lowest BCUT2D eigenvalue weighted by Gasteiger charge is -2.23. The number of methoxy groups -OCH3 is 1. The summed E-state index contributed by atoms with van der Waals surface area (Å²) in [7, 11) is 1.51. The summed E-state index contributed by atoms with van der Waals surface area (Å²) in [6.45, 7) is 2.63. The molecule has 1 N–H and O–H groups in total. The van der Waals surface area contributed by atoms with E-state index >= 15 is 0 Å². The first-order chi connectivity index (χ1) is 20.9. The quantitative estimate of drug-likeness (QED) is 0.0445. The van der Waals surface area contributed by atoms with Crippen molar-refractivity contribution in [1.29, 1.82) is 0 Å². The summed E-state index contributed by atoms with van der Waals surface area (Å²) in [6.07, 6.45) is 2.98. The van der Waals surface area contributed by atoms with Crippen LogP contribution in [0.3, 0.4) is 0 Å². The van der Waals surface area contributed by atoms with Crippen molar-refractivity contribution < 1.29 is 28.6 Å². The zero-order chi connectivity index (χ0) is 30.3. The number of anilines is 1. The van der Waals surface area contributed by atoms with Gasteiger partial charge in [0.15, 0.2) is 15.8 Å². The number of aromatic nitrogens is 2. The van der Waals surface area contributed by atoms with Gasteiger partial charge in [-0.2, -0.15) is 0 Å². The summed E-state index contributed by atoms with van der Waals surface area (Å²) < 4.78 is 25.8. The SMILES string of the molecule is CCCCCOc1ccc(C2/C(=C(/O)c3ccc(F)cc3)C(=O)C(=O)N2c2nnc(SCc3ccccc3)s2)cc1OC. The van der Waals surface area contributed by atoms with Gasteiger partial charge >= 0.3 is 5.91 Å². The van der Waals surface area contributed by atoms with Crippen LogP contribution in [0.1, 0.15) is 48.9 Å². The predicted octanol–water partition coefficient (Wildman–Crippen LogP) is 7.17. The van der Waals surface area contributed by atoms with Gasteiger partial charge in [-0.15, -0.1) is 10.2 Å². The number of ketones is 1.